The smallest absolute Gasteiger partial charge is 0.0422 e. The van der Waals surface area contributed by atoms with Crippen molar-refractivity contribution in [2.75, 3.05) is 11.9 Å². The zero-order valence-electron chi connectivity index (χ0n) is 6.93. The van der Waals surface area contributed by atoms with E-state index in [2.05, 4.69) is 29.6 Å². The van der Waals surface area contributed by atoms with Crippen molar-refractivity contribution in [2.24, 2.45) is 0 Å². The Balaban J connectivity index is 2.55. The molecule has 0 fully saturated rings. The van der Waals surface area contributed by atoms with Crippen molar-refractivity contribution in [3.63, 3.8) is 0 Å². The molecule has 0 amide bonds. The third-order valence-electron chi connectivity index (χ3n) is 2.75. The predicted molar refractivity (Wildman–Crippen MR) is 51.3 cm³/mol. The van der Waals surface area contributed by atoms with Crippen molar-refractivity contribution in [2.45, 2.75) is 12.8 Å². The van der Waals surface area contributed by atoms with Crippen LogP contribution in [0.15, 0.2) is 18.2 Å². The summed E-state index contributed by atoms with van der Waals surface area (Å²) in [5.41, 5.74) is 2.93. The minimum absolute atomic E-state index is 1.07. The number of hydrogen-bond donors (Lipinski definition) is 1. The van der Waals surface area contributed by atoms with Crippen molar-refractivity contribution in [1.82, 2.24) is 0 Å². The Labute approximate surface area is 71.4 Å². The Morgan fingerprint density at radius 2 is 2.25 bits per heavy atom. The maximum absolute atomic E-state index is 3.42. The molecule has 1 aliphatic heterocycles. The van der Waals surface area contributed by atoms with Gasteiger partial charge in [-0.25, -0.2) is 0 Å². The second-order valence-electron chi connectivity index (χ2n) is 3.47. The summed E-state index contributed by atoms with van der Waals surface area (Å²) in [6.07, 6.45) is 4.81. The Morgan fingerprint density at radius 3 is 3.25 bits per heavy atom. The van der Waals surface area contributed by atoms with E-state index in [1.807, 2.05) is 0 Å². The second kappa shape index (κ2) is 2.13. The lowest BCUT2D eigenvalue weighted by Gasteiger charge is -2.02. The van der Waals surface area contributed by atoms with Crippen molar-refractivity contribution in [3.05, 3.63) is 28.6 Å². The van der Waals surface area contributed by atoms with E-state index in [1.165, 1.54) is 29.0 Å². The van der Waals surface area contributed by atoms with Crippen LogP contribution in [0.25, 0.3) is 11.6 Å². The Bertz CT molecular complexity index is 443. The summed E-state index contributed by atoms with van der Waals surface area (Å²) >= 11 is 0. The maximum Gasteiger partial charge on any atom is 0.0422 e. The van der Waals surface area contributed by atoms with E-state index in [1.54, 1.807) is 5.57 Å². The van der Waals surface area contributed by atoms with Crippen LogP contribution in [0.2, 0.25) is 0 Å². The molecule has 0 radical (unpaired) electrons. The fraction of sp³-hybridized carbons (Fsp3) is 0.273. The average molecular weight is 157 g/mol. The van der Waals surface area contributed by atoms with Gasteiger partial charge in [0.25, 0.3) is 0 Å². The Hall–Kier alpha value is -1.24. The SMILES string of the molecule is C1=c2cccc3c2=C(CC1)CN3. The molecule has 1 aliphatic carbocycles. The minimum atomic E-state index is 1.07. The van der Waals surface area contributed by atoms with Gasteiger partial charge in [-0.15, -0.1) is 0 Å². The summed E-state index contributed by atoms with van der Waals surface area (Å²) in [5, 5.41) is 6.34. The first kappa shape index (κ1) is 6.30. The van der Waals surface area contributed by atoms with Gasteiger partial charge in [-0.2, -0.15) is 0 Å². The van der Waals surface area contributed by atoms with Crippen LogP contribution >= 0.6 is 0 Å². The van der Waals surface area contributed by atoms with Crippen LogP contribution in [0, 0.1) is 0 Å². The molecule has 3 rings (SSSR count). The van der Waals surface area contributed by atoms with Crippen molar-refractivity contribution in [1.29, 1.82) is 0 Å². The van der Waals surface area contributed by atoms with E-state index >= 15 is 0 Å². The number of rotatable bonds is 0. The molecule has 1 heteroatoms. The van der Waals surface area contributed by atoms with Crippen molar-refractivity contribution < 1.29 is 0 Å². The van der Waals surface area contributed by atoms with E-state index in [0.717, 1.165) is 6.54 Å². The first-order valence-corrected chi connectivity index (χ1v) is 4.50. The van der Waals surface area contributed by atoms with E-state index in [-0.39, 0.29) is 0 Å². The molecule has 0 aromatic heterocycles. The lowest BCUT2D eigenvalue weighted by Crippen LogP contribution is -2.27. The highest BCUT2D eigenvalue weighted by atomic mass is 14.9. The third kappa shape index (κ3) is 0.685. The van der Waals surface area contributed by atoms with Gasteiger partial charge < -0.3 is 5.32 Å². The molecule has 0 saturated carbocycles. The molecule has 0 atom stereocenters. The summed E-state index contributed by atoms with van der Waals surface area (Å²) < 4.78 is 0. The van der Waals surface area contributed by atoms with Crippen LogP contribution in [0.4, 0.5) is 5.69 Å². The van der Waals surface area contributed by atoms with Gasteiger partial charge in [0, 0.05) is 17.5 Å². The number of benzene rings is 1. The second-order valence-corrected chi connectivity index (χ2v) is 3.47. The summed E-state index contributed by atoms with van der Waals surface area (Å²) in [5.74, 6) is 0. The molecule has 0 spiro atoms. The van der Waals surface area contributed by atoms with Crippen LogP contribution in [-0.4, -0.2) is 6.54 Å². The van der Waals surface area contributed by atoms with E-state index in [0.29, 0.717) is 0 Å². The van der Waals surface area contributed by atoms with Gasteiger partial charge in [-0.3, -0.25) is 0 Å². The van der Waals surface area contributed by atoms with Crippen LogP contribution in [0.1, 0.15) is 12.8 Å². The summed E-state index contributed by atoms with van der Waals surface area (Å²) in [7, 11) is 0. The quantitative estimate of drug-likeness (QED) is 0.588. The molecule has 0 bridgehead atoms. The normalized spacial score (nSPS) is 18.2. The van der Waals surface area contributed by atoms with Crippen LogP contribution in [0.5, 0.6) is 0 Å². The largest absolute Gasteiger partial charge is 0.381 e. The van der Waals surface area contributed by atoms with Crippen LogP contribution in [-0.2, 0) is 0 Å². The van der Waals surface area contributed by atoms with E-state index in [9.17, 15) is 0 Å². The molecule has 60 valence electrons. The lowest BCUT2D eigenvalue weighted by molar-refractivity contribution is 1.06. The predicted octanol–water partition coefficient (Wildman–Crippen LogP) is 0.837. The summed E-state index contributed by atoms with van der Waals surface area (Å²) in [4.78, 5) is 0. The molecule has 1 N–H and O–H groups in total. The molecular formula is C11H11N. The highest BCUT2D eigenvalue weighted by Gasteiger charge is 2.12. The Morgan fingerprint density at radius 1 is 1.25 bits per heavy atom. The lowest BCUT2D eigenvalue weighted by atomic mass is 10.0. The van der Waals surface area contributed by atoms with Crippen molar-refractivity contribution in [3.8, 4) is 0 Å². The zero-order chi connectivity index (χ0) is 7.97. The molecule has 12 heavy (non-hydrogen) atoms. The number of hydrogen-bond acceptors (Lipinski definition) is 1. The summed E-state index contributed by atoms with van der Waals surface area (Å²) in [6.45, 7) is 1.07. The van der Waals surface area contributed by atoms with Gasteiger partial charge >= 0.3 is 0 Å². The highest BCUT2D eigenvalue weighted by Crippen LogP contribution is 2.15. The van der Waals surface area contributed by atoms with E-state index < -0.39 is 0 Å². The van der Waals surface area contributed by atoms with Crippen LogP contribution in [0.3, 0.4) is 0 Å². The fourth-order valence-corrected chi connectivity index (χ4v) is 2.19. The first-order valence-electron chi connectivity index (χ1n) is 4.50. The molecule has 0 saturated heterocycles. The van der Waals surface area contributed by atoms with Gasteiger partial charge in [-0.1, -0.05) is 18.2 Å². The van der Waals surface area contributed by atoms with Crippen molar-refractivity contribution >= 4 is 17.3 Å². The van der Waals surface area contributed by atoms with Crippen LogP contribution < -0.4 is 15.8 Å². The van der Waals surface area contributed by atoms with Gasteiger partial charge in [0.05, 0.1) is 0 Å². The fourth-order valence-electron chi connectivity index (χ4n) is 2.19. The number of nitrogens with one attached hydrogen (secondary N) is 1. The molecule has 2 aliphatic rings. The van der Waals surface area contributed by atoms with Gasteiger partial charge in [0.15, 0.2) is 0 Å². The van der Waals surface area contributed by atoms with Gasteiger partial charge in [0.2, 0.25) is 0 Å². The zero-order valence-corrected chi connectivity index (χ0v) is 6.93. The first-order chi connectivity index (χ1) is 5.95. The molecule has 1 nitrogen and oxygen atoms in total. The Kier molecular flexibility index (Phi) is 1.12. The molecular weight excluding hydrogens is 146 g/mol. The third-order valence-corrected chi connectivity index (χ3v) is 2.75. The van der Waals surface area contributed by atoms with Gasteiger partial charge in [-0.05, 0) is 29.7 Å². The molecule has 0 unspecified atom stereocenters. The standard InChI is InChI=1S/C11H11N/c1-3-8-4-2-6-10-11(8)9(5-1)7-12-10/h2-4,6,12H,1,5,7H2. The maximum atomic E-state index is 3.42. The van der Waals surface area contributed by atoms with E-state index in [4.69, 9.17) is 0 Å². The topological polar surface area (TPSA) is 12.0 Å². The van der Waals surface area contributed by atoms with Gasteiger partial charge in [0.1, 0.15) is 0 Å². The highest BCUT2D eigenvalue weighted by molar-refractivity contribution is 5.69. The average Bonchev–Trinajstić information content (AvgIpc) is 2.52. The molecule has 1 aromatic carbocycles. The number of anilines is 1. The minimum Gasteiger partial charge on any atom is -0.381 e. The molecule has 1 heterocycles. The summed E-state index contributed by atoms with van der Waals surface area (Å²) in [6, 6.07) is 6.52. The monoisotopic (exact) mass is 157 g/mol. The molecule has 1 aromatic rings.